The minimum Gasteiger partial charge on any atom is -0.296 e. The Bertz CT molecular complexity index is 693. The predicted molar refractivity (Wildman–Crippen MR) is 75.1 cm³/mol. The molecule has 0 aliphatic heterocycles. The normalized spacial score (nSPS) is 11.5. The van der Waals surface area contributed by atoms with Gasteiger partial charge in [-0.25, -0.2) is 4.98 Å². The first-order valence-electron chi connectivity index (χ1n) is 5.42. The van der Waals surface area contributed by atoms with Crippen molar-refractivity contribution in [2.24, 2.45) is 0 Å². The van der Waals surface area contributed by atoms with Crippen LogP contribution in [0.25, 0.3) is 11.1 Å². The van der Waals surface area contributed by atoms with Crippen LogP contribution >= 0.6 is 34.8 Å². The summed E-state index contributed by atoms with van der Waals surface area (Å²) < 4.78 is 37.8. The highest BCUT2D eigenvalue weighted by molar-refractivity contribution is 6.42. The number of hydrogen-bond donors (Lipinski definition) is 0. The second-order valence-corrected chi connectivity index (χ2v) is 5.24. The van der Waals surface area contributed by atoms with Crippen molar-refractivity contribution >= 4 is 41.1 Å². The van der Waals surface area contributed by atoms with Crippen molar-refractivity contribution in [1.29, 1.82) is 0 Å². The van der Waals surface area contributed by atoms with Gasteiger partial charge in [-0.15, -0.1) is 0 Å². The molecule has 1 aromatic carbocycles. The molecule has 0 bridgehead atoms. The van der Waals surface area contributed by atoms with Gasteiger partial charge in [-0.3, -0.25) is 4.79 Å². The van der Waals surface area contributed by atoms with E-state index in [4.69, 9.17) is 34.8 Å². The molecule has 0 saturated heterocycles. The quantitative estimate of drug-likeness (QED) is 0.663. The number of carbonyl (C=O) groups excluding carboxylic acids is 1. The topological polar surface area (TPSA) is 30.0 Å². The van der Waals surface area contributed by atoms with Crippen LogP contribution in [0.5, 0.6) is 0 Å². The second-order valence-electron chi connectivity index (χ2n) is 3.99. The molecule has 2 rings (SSSR count). The highest BCUT2D eigenvalue weighted by Crippen LogP contribution is 2.39. The molecule has 21 heavy (non-hydrogen) atoms. The average Bonchev–Trinajstić information content (AvgIpc) is 2.36. The summed E-state index contributed by atoms with van der Waals surface area (Å²) in [6, 6.07) is 4.59. The largest absolute Gasteiger partial charge is 0.433 e. The summed E-state index contributed by atoms with van der Waals surface area (Å²) in [4.78, 5) is 14.3. The Morgan fingerprint density at radius 2 is 1.62 bits per heavy atom. The summed E-state index contributed by atoms with van der Waals surface area (Å²) in [5.41, 5.74) is -1.28. The number of halogens is 6. The Hall–Kier alpha value is -1.30. The SMILES string of the molecule is O=Cc1nc(C(F)(F)F)ccc1-c1c(Cl)cc(Cl)cc1Cl. The maximum Gasteiger partial charge on any atom is 0.433 e. The number of aromatic nitrogens is 1. The fraction of sp³-hybridized carbons (Fsp3) is 0.0769. The van der Waals surface area contributed by atoms with Crippen molar-refractivity contribution in [3.63, 3.8) is 0 Å². The second kappa shape index (κ2) is 5.83. The number of nitrogens with zero attached hydrogens (tertiary/aromatic N) is 1. The van der Waals surface area contributed by atoms with Gasteiger partial charge in [-0.05, 0) is 24.3 Å². The Balaban J connectivity index is 2.68. The van der Waals surface area contributed by atoms with Crippen LogP contribution in [0.15, 0.2) is 24.3 Å². The molecule has 0 atom stereocenters. The smallest absolute Gasteiger partial charge is 0.296 e. The van der Waals surface area contributed by atoms with E-state index < -0.39 is 17.6 Å². The third-order valence-corrected chi connectivity index (χ3v) is 3.42. The molecule has 0 spiro atoms. The molecule has 8 heteroatoms. The summed E-state index contributed by atoms with van der Waals surface area (Å²) in [5, 5.41) is 0.482. The lowest BCUT2D eigenvalue weighted by atomic mass is 10.0. The molecule has 1 heterocycles. The van der Waals surface area contributed by atoms with Crippen LogP contribution in [0.3, 0.4) is 0 Å². The van der Waals surface area contributed by atoms with E-state index in [9.17, 15) is 18.0 Å². The molecule has 110 valence electrons. The molecule has 0 saturated carbocycles. The van der Waals surface area contributed by atoms with Crippen LogP contribution < -0.4 is 0 Å². The zero-order valence-electron chi connectivity index (χ0n) is 10.0. The predicted octanol–water partition coefficient (Wildman–Crippen LogP) is 5.54. The van der Waals surface area contributed by atoms with Crippen molar-refractivity contribution in [3.05, 3.63) is 50.7 Å². The number of alkyl halides is 3. The summed E-state index contributed by atoms with van der Waals surface area (Å²) in [5.74, 6) is 0. The van der Waals surface area contributed by atoms with Crippen LogP contribution in [-0.2, 0) is 6.18 Å². The number of hydrogen-bond acceptors (Lipinski definition) is 2. The van der Waals surface area contributed by atoms with Crippen molar-refractivity contribution in [2.75, 3.05) is 0 Å². The maximum atomic E-state index is 12.6. The van der Waals surface area contributed by atoms with Gasteiger partial charge < -0.3 is 0 Å². The first-order valence-corrected chi connectivity index (χ1v) is 6.55. The van der Waals surface area contributed by atoms with Crippen molar-refractivity contribution < 1.29 is 18.0 Å². The number of benzene rings is 1. The zero-order chi connectivity index (χ0) is 15.8. The van der Waals surface area contributed by atoms with Crippen LogP contribution in [0, 0.1) is 0 Å². The monoisotopic (exact) mass is 353 g/mol. The number of carbonyl (C=O) groups is 1. The number of aldehydes is 1. The van der Waals surface area contributed by atoms with Gasteiger partial charge in [-0.1, -0.05) is 34.8 Å². The molecular weight excluding hydrogens is 350 g/mol. The minimum atomic E-state index is -4.65. The lowest BCUT2D eigenvalue weighted by Gasteiger charge is -2.12. The van der Waals surface area contributed by atoms with E-state index in [0.29, 0.717) is 0 Å². The summed E-state index contributed by atoms with van der Waals surface area (Å²) in [7, 11) is 0. The Morgan fingerprint density at radius 3 is 2.10 bits per heavy atom. The van der Waals surface area contributed by atoms with Gasteiger partial charge >= 0.3 is 6.18 Å². The lowest BCUT2D eigenvalue weighted by Crippen LogP contribution is -2.10. The molecule has 0 aliphatic carbocycles. The first kappa shape index (κ1) is 16.1. The highest BCUT2D eigenvalue weighted by atomic mass is 35.5. The standard InChI is InChI=1S/C13H5Cl3F3NO/c14-6-3-8(15)12(9(16)4-6)7-1-2-11(13(17,18)19)20-10(7)5-21/h1-5H. The Kier molecular flexibility index (Phi) is 4.46. The Labute approximate surface area is 132 Å². The molecule has 0 radical (unpaired) electrons. The first-order chi connectivity index (χ1) is 9.74. The van der Waals surface area contributed by atoms with Gasteiger partial charge in [0.2, 0.25) is 0 Å². The summed E-state index contributed by atoms with van der Waals surface area (Å²) >= 11 is 17.8. The van der Waals surface area contributed by atoms with E-state index >= 15 is 0 Å². The van der Waals surface area contributed by atoms with Crippen molar-refractivity contribution in [2.45, 2.75) is 6.18 Å². The molecule has 1 aromatic heterocycles. The van der Waals surface area contributed by atoms with Gasteiger partial charge in [0, 0.05) is 16.1 Å². The highest BCUT2D eigenvalue weighted by Gasteiger charge is 2.33. The van der Waals surface area contributed by atoms with E-state index in [1.54, 1.807) is 0 Å². The van der Waals surface area contributed by atoms with Crippen LogP contribution in [0.1, 0.15) is 16.2 Å². The van der Waals surface area contributed by atoms with Crippen molar-refractivity contribution in [3.8, 4) is 11.1 Å². The van der Waals surface area contributed by atoms with E-state index in [1.807, 2.05) is 0 Å². The zero-order valence-corrected chi connectivity index (χ0v) is 12.3. The third kappa shape index (κ3) is 3.31. The van der Waals surface area contributed by atoms with Crippen LogP contribution in [0.4, 0.5) is 13.2 Å². The maximum absolute atomic E-state index is 12.6. The van der Waals surface area contributed by atoms with Gasteiger partial charge in [0.05, 0.1) is 10.0 Å². The van der Waals surface area contributed by atoms with E-state index in [0.717, 1.165) is 12.1 Å². The van der Waals surface area contributed by atoms with Gasteiger partial charge in [-0.2, -0.15) is 13.2 Å². The molecule has 0 aliphatic rings. The molecule has 2 nitrogen and oxygen atoms in total. The molecular formula is C13H5Cl3F3NO. The summed E-state index contributed by atoms with van der Waals surface area (Å²) in [6.45, 7) is 0. The van der Waals surface area contributed by atoms with E-state index in [1.165, 1.54) is 12.1 Å². The number of rotatable bonds is 2. The molecule has 0 fully saturated rings. The fourth-order valence-electron chi connectivity index (χ4n) is 1.73. The molecule has 2 aromatic rings. The fourth-order valence-corrected chi connectivity index (χ4v) is 2.75. The summed E-state index contributed by atoms with van der Waals surface area (Å²) in [6.07, 6.45) is -4.43. The minimum absolute atomic E-state index is 0.102. The van der Waals surface area contributed by atoms with Gasteiger partial charge in [0.15, 0.2) is 6.29 Å². The molecule has 0 unspecified atom stereocenters. The van der Waals surface area contributed by atoms with E-state index in [-0.39, 0.29) is 32.5 Å². The van der Waals surface area contributed by atoms with Crippen LogP contribution in [-0.4, -0.2) is 11.3 Å². The average molecular weight is 355 g/mol. The third-order valence-electron chi connectivity index (χ3n) is 2.60. The van der Waals surface area contributed by atoms with Gasteiger partial charge in [0.25, 0.3) is 0 Å². The molecule has 0 N–H and O–H groups in total. The van der Waals surface area contributed by atoms with Gasteiger partial charge in [0.1, 0.15) is 11.4 Å². The number of pyridine rings is 1. The molecule has 0 amide bonds. The van der Waals surface area contributed by atoms with E-state index in [2.05, 4.69) is 4.98 Å². The van der Waals surface area contributed by atoms with Crippen molar-refractivity contribution in [1.82, 2.24) is 4.98 Å². The lowest BCUT2D eigenvalue weighted by molar-refractivity contribution is -0.141. The van der Waals surface area contributed by atoms with Crippen LogP contribution in [0.2, 0.25) is 15.1 Å². The Morgan fingerprint density at radius 1 is 1.05 bits per heavy atom.